The molecule has 0 unspecified atom stereocenters. The van der Waals surface area contributed by atoms with Crippen LogP contribution < -0.4 is 0 Å². The highest BCUT2D eigenvalue weighted by Gasteiger charge is 2.17. The van der Waals surface area contributed by atoms with Crippen LogP contribution >= 0.6 is 0 Å². The number of hydrogen-bond acceptors (Lipinski definition) is 3. The highest BCUT2D eigenvalue weighted by atomic mass is 16.5. The van der Waals surface area contributed by atoms with Crippen LogP contribution in [-0.4, -0.2) is 37.1 Å². The number of hydrogen-bond donors (Lipinski definition) is 0. The molecule has 3 heteroatoms. The number of ether oxygens (including phenoxy) is 2. The van der Waals surface area contributed by atoms with Crippen LogP contribution in [0.15, 0.2) is 0 Å². The van der Waals surface area contributed by atoms with Crippen molar-refractivity contribution in [1.82, 2.24) is 4.90 Å². The van der Waals surface area contributed by atoms with Crippen LogP contribution in [0.1, 0.15) is 48.5 Å². The van der Waals surface area contributed by atoms with Crippen molar-refractivity contribution >= 4 is 0 Å². The molecule has 0 heterocycles. The summed E-state index contributed by atoms with van der Waals surface area (Å²) >= 11 is 0. The molecule has 0 rings (SSSR count). The van der Waals surface area contributed by atoms with Gasteiger partial charge in [0.05, 0.1) is 12.2 Å². The third-order valence-corrected chi connectivity index (χ3v) is 1.88. The molecule has 16 heavy (non-hydrogen) atoms. The van der Waals surface area contributed by atoms with Gasteiger partial charge in [0.15, 0.2) is 0 Å². The molecule has 0 saturated carbocycles. The Labute approximate surface area is 101 Å². The minimum absolute atomic E-state index is 0.265. The molecule has 3 nitrogen and oxygen atoms in total. The Morgan fingerprint density at radius 2 is 1.25 bits per heavy atom. The third kappa shape index (κ3) is 10.4. The molecule has 98 valence electrons. The molecule has 0 atom stereocenters. The molecular weight excluding hydrogens is 202 g/mol. The average molecular weight is 231 g/mol. The van der Waals surface area contributed by atoms with Gasteiger partial charge in [0.25, 0.3) is 0 Å². The van der Waals surface area contributed by atoms with Gasteiger partial charge in [-0.2, -0.15) is 0 Å². The van der Waals surface area contributed by atoms with Gasteiger partial charge >= 0.3 is 0 Å². The first-order chi connectivity index (χ1) is 7.20. The molecule has 0 aromatic heterocycles. The van der Waals surface area contributed by atoms with E-state index in [-0.39, 0.29) is 17.6 Å². The van der Waals surface area contributed by atoms with Crippen molar-refractivity contribution in [3.05, 3.63) is 0 Å². The van der Waals surface area contributed by atoms with Crippen molar-refractivity contribution in [2.45, 2.75) is 60.7 Å². The summed E-state index contributed by atoms with van der Waals surface area (Å²) in [5.74, 6) is 0. The predicted octanol–water partition coefficient (Wildman–Crippen LogP) is 3.10. The topological polar surface area (TPSA) is 21.7 Å². The van der Waals surface area contributed by atoms with Gasteiger partial charge in [-0.05, 0) is 33.1 Å². The lowest BCUT2D eigenvalue weighted by atomic mass is 9.96. The largest absolute Gasteiger partial charge is 0.363 e. The Kier molecular flexibility index (Phi) is 7.20. The molecule has 0 aliphatic heterocycles. The predicted molar refractivity (Wildman–Crippen MR) is 68.3 cm³/mol. The number of rotatable bonds is 7. The lowest BCUT2D eigenvalue weighted by molar-refractivity contribution is -0.0863. The van der Waals surface area contributed by atoms with Gasteiger partial charge in [-0.25, -0.2) is 0 Å². The normalized spacial score (nSPS) is 13.1. The maximum absolute atomic E-state index is 5.63. The van der Waals surface area contributed by atoms with Gasteiger partial charge in [-0.3, -0.25) is 4.90 Å². The Bertz CT molecular complexity index is 161. The quantitative estimate of drug-likeness (QED) is 0.628. The van der Waals surface area contributed by atoms with E-state index < -0.39 is 0 Å². The second-order valence-corrected chi connectivity index (χ2v) is 6.08. The zero-order valence-corrected chi connectivity index (χ0v) is 12.0. The summed E-state index contributed by atoms with van der Waals surface area (Å²) < 4.78 is 11.3. The molecule has 0 fully saturated rings. The summed E-state index contributed by atoms with van der Waals surface area (Å²) in [6, 6.07) is 0. The lowest BCUT2D eigenvalue weighted by Gasteiger charge is -2.30. The van der Waals surface area contributed by atoms with Gasteiger partial charge in [0.2, 0.25) is 0 Å². The summed E-state index contributed by atoms with van der Waals surface area (Å²) in [6.07, 6.45) is 0.531. The van der Waals surface area contributed by atoms with E-state index in [2.05, 4.69) is 53.4 Å². The number of nitrogens with zero attached hydrogens (tertiary/aromatic N) is 1. The van der Waals surface area contributed by atoms with Crippen LogP contribution in [0.5, 0.6) is 0 Å². The van der Waals surface area contributed by atoms with E-state index in [1.807, 2.05) is 0 Å². The third-order valence-electron chi connectivity index (χ3n) is 1.88. The van der Waals surface area contributed by atoms with Crippen molar-refractivity contribution in [2.75, 3.05) is 20.0 Å². The maximum Gasteiger partial charge on any atom is 0.101 e. The van der Waals surface area contributed by atoms with Gasteiger partial charge in [0, 0.05) is 6.54 Å². The van der Waals surface area contributed by atoms with Gasteiger partial charge in [0.1, 0.15) is 13.5 Å². The van der Waals surface area contributed by atoms with Crippen LogP contribution in [0.25, 0.3) is 0 Å². The second-order valence-electron chi connectivity index (χ2n) is 6.08. The fourth-order valence-electron chi connectivity index (χ4n) is 1.31. The molecule has 0 saturated heterocycles. The summed E-state index contributed by atoms with van der Waals surface area (Å²) in [5.41, 5.74) is 0.265. The van der Waals surface area contributed by atoms with Crippen molar-refractivity contribution in [1.29, 1.82) is 0 Å². The van der Waals surface area contributed by atoms with Crippen LogP contribution in [0.4, 0.5) is 0 Å². The molecule has 0 aromatic rings. The Morgan fingerprint density at radius 3 is 1.50 bits per heavy atom. The first-order valence-corrected chi connectivity index (χ1v) is 6.16. The van der Waals surface area contributed by atoms with E-state index in [0.717, 1.165) is 6.54 Å². The van der Waals surface area contributed by atoms with E-state index in [9.17, 15) is 0 Å². The molecular formula is C13H29NO2. The Morgan fingerprint density at radius 1 is 0.875 bits per heavy atom. The molecule has 0 bridgehead atoms. The fraction of sp³-hybridized carbons (Fsp3) is 1.00. The molecule has 0 aromatic carbocycles. The first kappa shape index (κ1) is 15.9. The van der Waals surface area contributed by atoms with Gasteiger partial charge in [-0.1, -0.05) is 20.8 Å². The summed E-state index contributed by atoms with van der Waals surface area (Å²) in [7, 11) is 0. The van der Waals surface area contributed by atoms with Crippen LogP contribution in [0.2, 0.25) is 0 Å². The van der Waals surface area contributed by atoms with Gasteiger partial charge < -0.3 is 9.47 Å². The SMILES string of the molecule is CC(C)OCN(COC(C)C)CC(C)(C)C. The van der Waals surface area contributed by atoms with E-state index in [1.54, 1.807) is 0 Å². The molecule has 0 aliphatic rings. The van der Waals surface area contributed by atoms with Crippen molar-refractivity contribution < 1.29 is 9.47 Å². The maximum atomic E-state index is 5.63. The Balaban J connectivity index is 4.05. The zero-order valence-electron chi connectivity index (χ0n) is 12.0. The smallest absolute Gasteiger partial charge is 0.101 e. The first-order valence-electron chi connectivity index (χ1n) is 6.16. The van der Waals surface area contributed by atoms with E-state index in [4.69, 9.17) is 9.47 Å². The minimum Gasteiger partial charge on any atom is -0.363 e. The van der Waals surface area contributed by atoms with E-state index >= 15 is 0 Å². The van der Waals surface area contributed by atoms with E-state index in [0.29, 0.717) is 13.5 Å². The van der Waals surface area contributed by atoms with Crippen LogP contribution in [0, 0.1) is 5.41 Å². The summed E-state index contributed by atoms with van der Waals surface area (Å²) in [4.78, 5) is 2.21. The van der Waals surface area contributed by atoms with Crippen LogP contribution in [-0.2, 0) is 9.47 Å². The molecule has 0 N–H and O–H groups in total. The highest BCUT2D eigenvalue weighted by Crippen LogP contribution is 2.15. The summed E-state index contributed by atoms with van der Waals surface area (Å²) in [6.45, 7) is 17.2. The standard InChI is InChI=1S/C13H29NO2/c1-11(2)15-9-14(8-13(5,6)7)10-16-12(3)4/h11-12H,8-10H2,1-7H3. The van der Waals surface area contributed by atoms with Crippen molar-refractivity contribution in [2.24, 2.45) is 5.41 Å². The van der Waals surface area contributed by atoms with Gasteiger partial charge in [-0.15, -0.1) is 0 Å². The van der Waals surface area contributed by atoms with Crippen molar-refractivity contribution in [3.8, 4) is 0 Å². The molecule has 0 spiro atoms. The molecule has 0 radical (unpaired) electrons. The Hall–Kier alpha value is -0.120. The lowest BCUT2D eigenvalue weighted by Crippen LogP contribution is -2.37. The molecule has 0 aliphatic carbocycles. The fourth-order valence-corrected chi connectivity index (χ4v) is 1.31. The minimum atomic E-state index is 0.265. The monoisotopic (exact) mass is 231 g/mol. The second kappa shape index (κ2) is 7.25. The molecule has 0 amide bonds. The average Bonchev–Trinajstić information content (AvgIpc) is 2.07. The van der Waals surface area contributed by atoms with E-state index in [1.165, 1.54) is 0 Å². The zero-order chi connectivity index (χ0) is 12.8. The van der Waals surface area contributed by atoms with Crippen LogP contribution in [0.3, 0.4) is 0 Å². The highest BCUT2D eigenvalue weighted by molar-refractivity contribution is 4.66. The van der Waals surface area contributed by atoms with Crippen molar-refractivity contribution in [3.63, 3.8) is 0 Å². The summed E-state index contributed by atoms with van der Waals surface area (Å²) in [5, 5.41) is 0.